The Labute approximate surface area is 155 Å². The van der Waals surface area contributed by atoms with Gasteiger partial charge in [0, 0.05) is 11.6 Å². The third-order valence-corrected chi connectivity index (χ3v) is 5.12. The van der Waals surface area contributed by atoms with Crippen LogP contribution in [0.3, 0.4) is 0 Å². The number of carboxylic acid groups (broad SMARTS) is 1. The Bertz CT molecular complexity index is 1200. The van der Waals surface area contributed by atoms with Crippen molar-refractivity contribution in [3.05, 3.63) is 59.7 Å². The summed E-state index contributed by atoms with van der Waals surface area (Å²) in [7, 11) is -3.54. The van der Waals surface area contributed by atoms with E-state index < -0.39 is 21.6 Å². The number of hydrogen-bond acceptors (Lipinski definition) is 6. The lowest BCUT2D eigenvalue weighted by Gasteiger charge is -2.08. The van der Waals surface area contributed by atoms with Gasteiger partial charge in [-0.3, -0.25) is 0 Å². The number of carbonyl (C=O) groups is 1. The number of aromatic carboxylic acids is 1. The summed E-state index contributed by atoms with van der Waals surface area (Å²) in [5, 5.41) is 28.7. The second-order valence-corrected chi connectivity index (χ2v) is 8.08. The molecule has 0 spiro atoms. The minimum Gasteiger partial charge on any atom is -0.505 e. The molecule has 3 rings (SSSR count). The van der Waals surface area contributed by atoms with Gasteiger partial charge in [0.2, 0.25) is 0 Å². The van der Waals surface area contributed by atoms with Crippen molar-refractivity contribution < 1.29 is 23.4 Å². The predicted molar refractivity (Wildman–Crippen MR) is 101 cm³/mol. The van der Waals surface area contributed by atoms with Gasteiger partial charge in [0.15, 0.2) is 15.6 Å². The molecule has 0 aliphatic heterocycles. The van der Waals surface area contributed by atoms with Gasteiger partial charge in [-0.2, -0.15) is 0 Å². The van der Waals surface area contributed by atoms with E-state index in [1.165, 1.54) is 18.2 Å². The Morgan fingerprint density at radius 2 is 1.74 bits per heavy atom. The van der Waals surface area contributed by atoms with Crippen LogP contribution in [0.15, 0.2) is 63.7 Å². The third kappa shape index (κ3) is 3.65. The molecule has 3 aromatic rings. The average molecular weight is 384 g/mol. The largest absolute Gasteiger partial charge is 0.505 e. The fraction of sp³-hybridized carbons (Fsp3) is 0.105. The van der Waals surface area contributed by atoms with Gasteiger partial charge in [-0.15, -0.1) is 10.2 Å². The van der Waals surface area contributed by atoms with E-state index in [1.807, 2.05) is 0 Å². The number of sulfone groups is 1. The molecule has 3 aromatic carbocycles. The topological polar surface area (TPSA) is 116 Å². The van der Waals surface area contributed by atoms with Crippen molar-refractivity contribution in [1.29, 1.82) is 0 Å². The highest BCUT2D eigenvalue weighted by atomic mass is 32.2. The molecule has 0 bridgehead atoms. The summed E-state index contributed by atoms with van der Waals surface area (Å²) in [6, 6.07) is 12.8. The second kappa shape index (κ2) is 6.81. The van der Waals surface area contributed by atoms with Gasteiger partial charge < -0.3 is 10.2 Å². The SMILES string of the molecule is Cc1ccc(N=Nc2c(O)c(C(=O)O)cc3ccccc23)c(S(C)(=O)=O)c1. The number of azo groups is 1. The fourth-order valence-corrected chi connectivity index (χ4v) is 3.58. The Kier molecular flexibility index (Phi) is 4.67. The van der Waals surface area contributed by atoms with Crippen LogP contribution in [-0.2, 0) is 9.84 Å². The standard InChI is InChI=1S/C19H16N2O5S/c1-11-7-8-15(16(9-11)27(2,25)26)20-21-17-13-6-4-3-5-12(13)10-14(18(17)22)19(23)24/h3-10,22H,1-2H3,(H,23,24). The first-order chi connectivity index (χ1) is 12.7. The molecule has 0 amide bonds. The molecular weight excluding hydrogens is 368 g/mol. The van der Waals surface area contributed by atoms with Crippen molar-refractivity contribution in [2.75, 3.05) is 6.26 Å². The summed E-state index contributed by atoms with van der Waals surface area (Å²) < 4.78 is 24.0. The van der Waals surface area contributed by atoms with Gasteiger partial charge in [-0.1, -0.05) is 30.3 Å². The van der Waals surface area contributed by atoms with Crippen LogP contribution in [0.5, 0.6) is 5.75 Å². The van der Waals surface area contributed by atoms with E-state index in [0.717, 1.165) is 11.8 Å². The van der Waals surface area contributed by atoms with E-state index in [0.29, 0.717) is 10.8 Å². The molecule has 8 heteroatoms. The van der Waals surface area contributed by atoms with Crippen molar-refractivity contribution in [2.24, 2.45) is 10.2 Å². The lowest BCUT2D eigenvalue weighted by molar-refractivity contribution is 0.0694. The zero-order valence-corrected chi connectivity index (χ0v) is 15.4. The monoisotopic (exact) mass is 384 g/mol. The lowest BCUT2D eigenvalue weighted by Crippen LogP contribution is -1.98. The van der Waals surface area contributed by atoms with Gasteiger partial charge >= 0.3 is 5.97 Å². The van der Waals surface area contributed by atoms with Crippen LogP contribution < -0.4 is 0 Å². The summed E-state index contributed by atoms with van der Waals surface area (Å²) in [5.74, 6) is -1.83. The smallest absolute Gasteiger partial charge is 0.339 e. The maximum absolute atomic E-state index is 12.0. The van der Waals surface area contributed by atoms with Crippen LogP contribution in [0.2, 0.25) is 0 Å². The minimum absolute atomic E-state index is 0.00411. The number of hydrogen-bond donors (Lipinski definition) is 2. The maximum Gasteiger partial charge on any atom is 0.339 e. The van der Waals surface area contributed by atoms with E-state index in [2.05, 4.69) is 10.2 Å². The van der Waals surface area contributed by atoms with Crippen LogP contribution in [-0.4, -0.2) is 30.9 Å². The Morgan fingerprint density at radius 3 is 2.41 bits per heavy atom. The zero-order valence-electron chi connectivity index (χ0n) is 14.5. The van der Waals surface area contributed by atoms with Crippen molar-refractivity contribution in [3.8, 4) is 5.75 Å². The van der Waals surface area contributed by atoms with E-state index in [-0.39, 0.29) is 21.8 Å². The fourth-order valence-electron chi connectivity index (χ4n) is 2.69. The van der Waals surface area contributed by atoms with E-state index in [1.54, 1.807) is 37.3 Å². The molecule has 0 atom stereocenters. The van der Waals surface area contributed by atoms with Crippen LogP contribution in [0.25, 0.3) is 10.8 Å². The molecule has 7 nitrogen and oxygen atoms in total. The predicted octanol–water partition coefficient (Wildman–Crippen LogP) is 4.37. The van der Waals surface area contributed by atoms with Crippen molar-refractivity contribution >= 4 is 38.0 Å². The van der Waals surface area contributed by atoms with Gasteiger partial charge in [0.25, 0.3) is 0 Å². The Morgan fingerprint density at radius 1 is 1.04 bits per heavy atom. The molecule has 0 aliphatic rings. The first-order valence-corrected chi connectivity index (χ1v) is 9.78. The van der Waals surface area contributed by atoms with Crippen LogP contribution in [0.4, 0.5) is 11.4 Å². The average Bonchev–Trinajstić information content (AvgIpc) is 2.60. The molecule has 138 valence electrons. The van der Waals surface area contributed by atoms with Gasteiger partial charge in [-0.25, -0.2) is 13.2 Å². The van der Waals surface area contributed by atoms with Gasteiger partial charge in [-0.05, 0) is 36.1 Å². The van der Waals surface area contributed by atoms with E-state index >= 15 is 0 Å². The lowest BCUT2D eigenvalue weighted by atomic mass is 10.0. The second-order valence-electron chi connectivity index (χ2n) is 6.09. The number of phenols is 1. The van der Waals surface area contributed by atoms with Crippen molar-refractivity contribution in [2.45, 2.75) is 11.8 Å². The quantitative estimate of drug-likeness (QED) is 0.648. The molecule has 0 fully saturated rings. The number of nitrogens with zero attached hydrogens (tertiary/aromatic N) is 2. The summed E-state index contributed by atoms with van der Waals surface area (Å²) in [6.45, 7) is 1.76. The van der Waals surface area contributed by atoms with Crippen molar-refractivity contribution in [1.82, 2.24) is 0 Å². The third-order valence-electron chi connectivity index (χ3n) is 4.00. The molecule has 0 unspecified atom stereocenters. The maximum atomic E-state index is 12.0. The molecule has 0 aromatic heterocycles. The summed E-state index contributed by atoms with van der Waals surface area (Å²) in [4.78, 5) is 11.4. The van der Waals surface area contributed by atoms with Crippen molar-refractivity contribution in [3.63, 3.8) is 0 Å². The highest BCUT2D eigenvalue weighted by Gasteiger charge is 2.18. The van der Waals surface area contributed by atoms with E-state index in [9.17, 15) is 23.4 Å². The highest BCUT2D eigenvalue weighted by molar-refractivity contribution is 7.90. The number of fused-ring (bicyclic) bond motifs is 1. The number of carboxylic acids is 1. The molecule has 27 heavy (non-hydrogen) atoms. The Hall–Kier alpha value is -3.26. The molecule has 2 N–H and O–H groups in total. The first kappa shape index (κ1) is 18.5. The van der Waals surface area contributed by atoms with Gasteiger partial charge in [0.1, 0.15) is 16.9 Å². The molecule has 0 saturated heterocycles. The first-order valence-electron chi connectivity index (χ1n) is 7.89. The molecule has 0 saturated carbocycles. The molecule has 0 radical (unpaired) electrons. The van der Waals surface area contributed by atoms with Crippen LogP contribution in [0.1, 0.15) is 15.9 Å². The van der Waals surface area contributed by atoms with Crippen LogP contribution >= 0.6 is 0 Å². The summed E-state index contributed by atoms with van der Waals surface area (Å²) in [6.07, 6.45) is 1.07. The number of rotatable bonds is 4. The Balaban J connectivity index is 2.24. The summed E-state index contributed by atoms with van der Waals surface area (Å²) >= 11 is 0. The van der Waals surface area contributed by atoms with E-state index in [4.69, 9.17) is 0 Å². The number of benzene rings is 3. The molecule has 0 heterocycles. The molecular formula is C19H16N2O5S. The number of aryl methyl sites for hydroxylation is 1. The number of aromatic hydroxyl groups is 1. The zero-order chi connectivity index (χ0) is 19.8. The molecule has 0 aliphatic carbocycles. The normalized spacial score (nSPS) is 11.9. The summed E-state index contributed by atoms with van der Waals surface area (Å²) in [5.41, 5.74) is 0.503. The minimum atomic E-state index is -3.54. The van der Waals surface area contributed by atoms with Gasteiger partial charge in [0.05, 0.1) is 4.90 Å². The van der Waals surface area contributed by atoms with Crippen LogP contribution in [0, 0.1) is 6.92 Å². The highest BCUT2D eigenvalue weighted by Crippen LogP contribution is 2.39.